The smallest absolute Gasteiger partial charge is 0.256 e. The third kappa shape index (κ3) is 2.90. The summed E-state index contributed by atoms with van der Waals surface area (Å²) in [4.78, 5) is 24.5. The lowest BCUT2D eigenvalue weighted by molar-refractivity contribution is 0.0742. The van der Waals surface area contributed by atoms with E-state index in [0.717, 1.165) is 11.5 Å². The summed E-state index contributed by atoms with van der Waals surface area (Å²) in [5.74, 6) is 0.142. The van der Waals surface area contributed by atoms with Gasteiger partial charge in [0, 0.05) is 37.9 Å². The highest BCUT2D eigenvalue weighted by Gasteiger charge is 2.24. The monoisotopic (exact) mass is 300 g/mol. The van der Waals surface area contributed by atoms with Gasteiger partial charge in [-0.1, -0.05) is 12.1 Å². The molecule has 2 aromatic rings. The number of aromatic nitrogens is 2. The van der Waals surface area contributed by atoms with Crippen LogP contribution in [0.1, 0.15) is 16.1 Å². The molecule has 6 heteroatoms. The molecule has 1 aliphatic rings. The zero-order valence-electron chi connectivity index (χ0n) is 12.4. The minimum absolute atomic E-state index is 0.133. The Morgan fingerprint density at radius 3 is 2.55 bits per heavy atom. The zero-order valence-corrected chi connectivity index (χ0v) is 12.4. The second-order valence-corrected chi connectivity index (χ2v) is 5.28. The highest BCUT2D eigenvalue weighted by molar-refractivity contribution is 5.94. The summed E-state index contributed by atoms with van der Waals surface area (Å²) in [6.07, 6.45) is 1.54. The Morgan fingerprint density at radius 1 is 1.14 bits per heavy atom. The number of anilines is 1. The first-order chi connectivity index (χ1) is 10.6. The van der Waals surface area contributed by atoms with E-state index in [1.807, 2.05) is 13.0 Å². The number of amides is 1. The zero-order chi connectivity index (χ0) is 15.5. The second kappa shape index (κ2) is 6.09. The van der Waals surface area contributed by atoms with Crippen LogP contribution in [0, 0.1) is 12.7 Å². The number of hydrogen-bond acceptors (Lipinski definition) is 4. The molecule has 2 heterocycles. The maximum atomic E-state index is 13.7. The van der Waals surface area contributed by atoms with E-state index in [4.69, 9.17) is 0 Å². The second-order valence-electron chi connectivity index (χ2n) is 5.28. The Kier molecular flexibility index (Phi) is 4.00. The molecule has 5 nitrogen and oxygen atoms in total. The Bertz CT molecular complexity index is 683. The quantitative estimate of drug-likeness (QED) is 0.850. The topological polar surface area (TPSA) is 49.3 Å². The number of piperazine rings is 1. The minimum Gasteiger partial charge on any atom is -0.353 e. The van der Waals surface area contributed by atoms with E-state index in [1.54, 1.807) is 23.4 Å². The van der Waals surface area contributed by atoms with E-state index in [0.29, 0.717) is 26.2 Å². The molecule has 0 atom stereocenters. The molecule has 0 N–H and O–H groups in total. The van der Waals surface area contributed by atoms with Gasteiger partial charge in [-0.3, -0.25) is 4.79 Å². The number of carbonyl (C=O) groups excluding carboxylic acids is 1. The molecule has 1 saturated heterocycles. The van der Waals surface area contributed by atoms with E-state index in [-0.39, 0.29) is 11.5 Å². The Morgan fingerprint density at radius 2 is 1.86 bits per heavy atom. The molecule has 22 heavy (non-hydrogen) atoms. The lowest BCUT2D eigenvalue weighted by Gasteiger charge is -2.35. The van der Waals surface area contributed by atoms with Crippen molar-refractivity contribution in [3.8, 4) is 0 Å². The van der Waals surface area contributed by atoms with E-state index < -0.39 is 5.82 Å². The van der Waals surface area contributed by atoms with Crippen molar-refractivity contribution in [1.29, 1.82) is 0 Å². The summed E-state index contributed by atoms with van der Waals surface area (Å²) in [5.41, 5.74) is 1.05. The van der Waals surface area contributed by atoms with Gasteiger partial charge in [-0.15, -0.1) is 0 Å². The molecule has 0 saturated carbocycles. The van der Waals surface area contributed by atoms with Crippen molar-refractivity contribution in [3.63, 3.8) is 0 Å². The molecule has 0 aliphatic carbocycles. The van der Waals surface area contributed by atoms with Crippen LogP contribution in [0.25, 0.3) is 0 Å². The summed E-state index contributed by atoms with van der Waals surface area (Å²) in [5, 5.41) is 0. The van der Waals surface area contributed by atoms with Crippen LogP contribution in [0.2, 0.25) is 0 Å². The van der Waals surface area contributed by atoms with E-state index >= 15 is 0 Å². The molecular formula is C16H17FN4O. The number of aryl methyl sites for hydroxylation is 1. The lowest BCUT2D eigenvalue weighted by atomic mass is 10.1. The molecule has 3 rings (SSSR count). The fraction of sp³-hybridized carbons (Fsp3) is 0.312. The van der Waals surface area contributed by atoms with E-state index in [2.05, 4.69) is 14.9 Å². The largest absolute Gasteiger partial charge is 0.353 e. The van der Waals surface area contributed by atoms with Crippen LogP contribution < -0.4 is 4.90 Å². The molecule has 1 aromatic heterocycles. The van der Waals surface area contributed by atoms with Crippen molar-refractivity contribution >= 4 is 11.7 Å². The molecular weight excluding hydrogens is 283 g/mol. The summed E-state index contributed by atoms with van der Waals surface area (Å²) >= 11 is 0. The van der Waals surface area contributed by atoms with Gasteiger partial charge in [-0.05, 0) is 19.1 Å². The highest BCUT2D eigenvalue weighted by atomic mass is 19.1. The van der Waals surface area contributed by atoms with Crippen molar-refractivity contribution in [2.24, 2.45) is 0 Å². The van der Waals surface area contributed by atoms with E-state index in [1.165, 1.54) is 12.1 Å². The van der Waals surface area contributed by atoms with Gasteiger partial charge in [0.05, 0.1) is 5.56 Å². The highest BCUT2D eigenvalue weighted by Crippen LogP contribution is 2.16. The number of rotatable bonds is 2. The first-order valence-corrected chi connectivity index (χ1v) is 7.22. The van der Waals surface area contributed by atoms with Gasteiger partial charge in [0.15, 0.2) is 0 Å². The van der Waals surface area contributed by atoms with Gasteiger partial charge < -0.3 is 9.80 Å². The molecule has 0 bridgehead atoms. The van der Waals surface area contributed by atoms with Crippen molar-refractivity contribution in [1.82, 2.24) is 14.9 Å². The van der Waals surface area contributed by atoms with Crippen LogP contribution >= 0.6 is 0 Å². The molecule has 0 unspecified atom stereocenters. The van der Waals surface area contributed by atoms with Gasteiger partial charge >= 0.3 is 0 Å². The number of hydrogen-bond donors (Lipinski definition) is 0. The van der Waals surface area contributed by atoms with Crippen LogP contribution in [0.5, 0.6) is 0 Å². The van der Waals surface area contributed by atoms with Crippen LogP contribution in [0.3, 0.4) is 0 Å². The minimum atomic E-state index is -0.471. The maximum Gasteiger partial charge on any atom is 0.256 e. The standard InChI is InChI=1S/C16H17FN4O/c1-12-10-15(19-11-18-12)20-6-8-21(9-7-20)16(22)13-4-2-3-5-14(13)17/h2-5,10-11H,6-9H2,1H3. The van der Waals surface area contributed by atoms with Crippen molar-refractivity contribution in [3.05, 3.63) is 53.7 Å². The fourth-order valence-electron chi connectivity index (χ4n) is 2.56. The molecule has 1 aromatic carbocycles. The third-order valence-electron chi connectivity index (χ3n) is 3.78. The number of halogens is 1. The van der Waals surface area contributed by atoms with Crippen molar-refractivity contribution in [2.45, 2.75) is 6.92 Å². The van der Waals surface area contributed by atoms with E-state index in [9.17, 15) is 9.18 Å². The number of benzene rings is 1. The summed E-state index contributed by atoms with van der Waals surface area (Å²) in [6, 6.07) is 8.02. The van der Waals surface area contributed by atoms with Crippen LogP contribution in [0.4, 0.5) is 10.2 Å². The summed E-state index contributed by atoms with van der Waals surface area (Å²) in [6.45, 7) is 4.38. The molecule has 0 radical (unpaired) electrons. The van der Waals surface area contributed by atoms with Crippen LogP contribution in [-0.2, 0) is 0 Å². The van der Waals surface area contributed by atoms with Gasteiger partial charge in [-0.2, -0.15) is 0 Å². The Hall–Kier alpha value is -2.50. The van der Waals surface area contributed by atoms with Crippen molar-refractivity contribution < 1.29 is 9.18 Å². The van der Waals surface area contributed by atoms with Crippen LogP contribution in [0.15, 0.2) is 36.7 Å². The normalized spacial score (nSPS) is 15.0. The number of nitrogens with zero attached hydrogens (tertiary/aromatic N) is 4. The fourth-order valence-corrected chi connectivity index (χ4v) is 2.56. The predicted octanol–water partition coefficient (Wildman–Crippen LogP) is 1.89. The molecule has 114 valence electrons. The molecule has 0 spiro atoms. The van der Waals surface area contributed by atoms with Gasteiger partial charge in [0.2, 0.25) is 0 Å². The lowest BCUT2D eigenvalue weighted by Crippen LogP contribution is -2.49. The molecule has 1 amide bonds. The van der Waals surface area contributed by atoms with Crippen molar-refractivity contribution in [2.75, 3.05) is 31.1 Å². The average molecular weight is 300 g/mol. The van der Waals surface area contributed by atoms with Gasteiger partial charge in [0.25, 0.3) is 5.91 Å². The van der Waals surface area contributed by atoms with Gasteiger partial charge in [-0.25, -0.2) is 14.4 Å². The third-order valence-corrected chi connectivity index (χ3v) is 3.78. The first kappa shape index (κ1) is 14.4. The molecule has 1 aliphatic heterocycles. The average Bonchev–Trinajstić information content (AvgIpc) is 2.55. The maximum absolute atomic E-state index is 13.7. The molecule has 1 fully saturated rings. The Balaban J connectivity index is 1.67. The first-order valence-electron chi connectivity index (χ1n) is 7.22. The Labute approximate surface area is 128 Å². The van der Waals surface area contributed by atoms with Gasteiger partial charge in [0.1, 0.15) is 18.0 Å². The van der Waals surface area contributed by atoms with Crippen LogP contribution in [-0.4, -0.2) is 47.0 Å². The number of carbonyl (C=O) groups is 1. The SMILES string of the molecule is Cc1cc(N2CCN(C(=O)c3ccccc3F)CC2)ncn1. The predicted molar refractivity (Wildman–Crippen MR) is 81.3 cm³/mol. The summed E-state index contributed by atoms with van der Waals surface area (Å²) < 4.78 is 13.7. The summed E-state index contributed by atoms with van der Waals surface area (Å²) in [7, 11) is 0.